The Labute approximate surface area is 98.3 Å². The number of nitrogens with one attached hydrogen (secondary N) is 1. The lowest BCUT2D eigenvalue weighted by atomic mass is 9.86. The molecule has 1 N–H and O–H groups in total. The summed E-state index contributed by atoms with van der Waals surface area (Å²) in [6, 6.07) is 8.61. The Morgan fingerprint density at radius 3 is 2.50 bits per heavy atom. The first kappa shape index (κ1) is 12.6. The summed E-state index contributed by atoms with van der Waals surface area (Å²) in [7, 11) is 0. The zero-order valence-corrected chi connectivity index (χ0v) is 10.6. The van der Waals surface area contributed by atoms with Crippen LogP contribution in [0.5, 0.6) is 0 Å². The van der Waals surface area contributed by atoms with Crippen LogP contribution in [0.4, 0.5) is 5.69 Å². The predicted octanol–water partition coefficient (Wildman–Crippen LogP) is 3.62. The Hall–Kier alpha value is -1.49. The molecule has 0 aliphatic heterocycles. The van der Waals surface area contributed by atoms with E-state index in [0.29, 0.717) is 13.0 Å². The normalized spacial score (nSPS) is 10.9. The summed E-state index contributed by atoms with van der Waals surface area (Å²) in [4.78, 5) is 0. The predicted molar refractivity (Wildman–Crippen MR) is 68.6 cm³/mol. The maximum atomic E-state index is 8.47. The molecule has 0 saturated carbocycles. The van der Waals surface area contributed by atoms with Crippen LogP contribution >= 0.6 is 0 Å². The van der Waals surface area contributed by atoms with E-state index in [-0.39, 0.29) is 5.41 Å². The number of nitrogens with zero attached hydrogens (tertiary/aromatic N) is 1. The highest BCUT2D eigenvalue weighted by Gasteiger charge is 2.14. The van der Waals surface area contributed by atoms with Crippen molar-refractivity contribution in [3.8, 4) is 6.07 Å². The average molecular weight is 216 g/mol. The van der Waals surface area contributed by atoms with E-state index < -0.39 is 0 Å². The minimum Gasteiger partial charge on any atom is -0.384 e. The molecule has 0 fully saturated rings. The molecule has 0 aliphatic carbocycles. The highest BCUT2D eigenvalue weighted by molar-refractivity contribution is 5.53. The van der Waals surface area contributed by atoms with Gasteiger partial charge in [0.1, 0.15) is 0 Å². The number of aryl methyl sites for hydroxylation is 1. The molecular formula is C14H20N2. The topological polar surface area (TPSA) is 35.8 Å². The molecule has 86 valence electrons. The van der Waals surface area contributed by atoms with Crippen LogP contribution in [0.2, 0.25) is 0 Å². The van der Waals surface area contributed by atoms with E-state index in [1.165, 1.54) is 11.1 Å². The highest BCUT2D eigenvalue weighted by Crippen LogP contribution is 2.26. The molecule has 0 unspecified atom stereocenters. The van der Waals surface area contributed by atoms with Crippen LogP contribution in [0.3, 0.4) is 0 Å². The molecule has 0 spiro atoms. The van der Waals surface area contributed by atoms with Crippen LogP contribution in [0, 0.1) is 18.3 Å². The van der Waals surface area contributed by atoms with Gasteiger partial charge >= 0.3 is 0 Å². The van der Waals surface area contributed by atoms with E-state index in [4.69, 9.17) is 5.26 Å². The molecule has 0 aliphatic rings. The number of rotatable bonds is 3. The van der Waals surface area contributed by atoms with Gasteiger partial charge in [-0.25, -0.2) is 0 Å². The lowest BCUT2D eigenvalue weighted by molar-refractivity contribution is 0.590. The van der Waals surface area contributed by atoms with Gasteiger partial charge in [0.2, 0.25) is 0 Å². The first-order chi connectivity index (χ1) is 7.45. The van der Waals surface area contributed by atoms with Gasteiger partial charge in [0.05, 0.1) is 12.5 Å². The number of hydrogen-bond donors (Lipinski definition) is 1. The highest BCUT2D eigenvalue weighted by atomic mass is 14.9. The van der Waals surface area contributed by atoms with Crippen LogP contribution in [0.1, 0.15) is 38.3 Å². The van der Waals surface area contributed by atoms with Gasteiger partial charge in [-0.15, -0.1) is 0 Å². The van der Waals surface area contributed by atoms with Gasteiger partial charge in [-0.2, -0.15) is 5.26 Å². The molecule has 1 aromatic carbocycles. The van der Waals surface area contributed by atoms with Crippen molar-refractivity contribution in [3.63, 3.8) is 0 Å². The van der Waals surface area contributed by atoms with Gasteiger partial charge in [0.25, 0.3) is 0 Å². The monoisotopic (exact) mass is 216 g/mol. The Morgan fingerprint density at radius 2 is 2.00 bits per heavy atom. The van der Waals surface area contributed by atoms with Gasteiger partial charge in [0, 0.05) is 12.2 Å². The first-order valence-electron chi connectivity index (χ1n) is 5.67. The fourth-order valence-electron chi connectivity index (χ4n) is 1.58. The lowest BCUT2D eigenvalue weighted by Crippen LogP contribution is -2.12. The van der Waals surface area contributed by atoms with E-state index >= 15 is 0 Å². The van der Waals surface area contributed by atoms with Crippen molar-refractivity contribution in [1.82, 2.24) is 0 Å². The second kappa shape index (κ2) is 5.03. The molecule has 16 heavy (non-hydrogen) atoms. The van der Waals surface area contributed by atoms with E-state index in [1.54, 1.807) is 0 Å². The van der Waals surface area contributed by atoms with Crippen molar-refractivity contribution in [2.24, 2.45) is 0 Å². The first-order valence-corrected chi connectivity index (χ1v) is 5.67. The number of anilines is 1. The van der Waals surface area contributed by atoms with E-state index in [2.05, 4.69) is 57.3 Å². The third-order valence-electron chi connectivity index (χ3n) is 2.64. The van der Waals surface area contributed by atoms with E-state index in [0.717, 1.165) is 5.69 Å². The minimum absolute atomic E-state index is 0.190. The Bertz CT molecular complexity index is 394. The summed E-state index contributed by atoms with van der Waals surface area (Å²) in [6.07, 6.45) is 0.542. The SMILES string of the molecule is Cc1cc(C(C)(C)C)ccc1NCCC#N. The van der Waals surface area contributed by atoms with E-state index in [9.17, 15) is 0 Å². The molecule has 0 atom stereocenters. The zero-order valence-electron chi connectivity index (χ0n) is 10.6. The zero-order chi connectivity index (χ0) is 12.2. The van der Waals surface area contributed by atoms with Crippen molar-refractivity contribution in [2.75, 3.05) is 11.9 Å². The van der Waals surface area contributed by atoms with Crippen molar-refractivity contribution >= 4 is 5.69 Å². The summed E-state index contributed by atoms with van der Waals surface area (Å²) >= 11 is 0. The molecule has 0 bridgehead atoms. The van der Waals surface area contributed by atoms with E-state index in [1.807, 2.05) is 0 Å². The Balaban J connectivity index is 2.80. The molecule has 0 heterocycles. The van der Waals surface area contributed by atoms with Crippen molar-refractivity contribution < 1.29 is 0 Å². The van der Waals surface area contributed by atoms with Gasteiger partial charge in [-0.1, -0.05) is 32.9 Å². The Kier molecular flexibility index (Phi) is 3.95. The second-order valence-electron chi connectivity index (χ2n) is 5.11. The summed E-state index contributed by atoms with van der Waals surface area (Å²) in [5, 5.41) is 11.7. The molecule has 0 aromatic heterocycles. The molecule has 0 saturated heterocycles. The van der Waals surface area contributed by atoms with Gasteiger partial charge in [0.15, 0.2) is 0 Å². The third kappa shape index (κ3) is 3.27. The minimum atomic E-state index is 0.190. The van der Waals surface area contributed by atoms with Gasteiger partial charge in [-0.3, -0.25) is 0 Å². The van der Waals surface area contributed by atoms with Gasteiger partial charge < -0.3 is 5.32 Å². The van der Waals surface area contributed by atoms with Crippen molar-refractivity contribution in [1.29, 1.82) is 5.26 Å². The van der Waals surface area contributed by atoms with Crippen LogP contribution in [0.15, 0.2) is 18.2 Å². The maximum Gasteiger partial charge on any atom is 0.0640 e. The van der Waals surface area contributed by atoms with Crippen molar-refractivity contribution in [3.05, 3.63) is 29.3 Å². The van der Waals surface area contributed by atoms with Gasteiger partial charge in [-0.05, 0) is 29.5 Å². The molecule has 2 nitrogen and oxygen atoms in total. The fourth-order valence-corrected chi connectivity index (χ4v) is 1.58. The number of hydrogen-bond acceptors (Lipinski definition) is 2. The van der Waals surface area contributed by atoms with Crippen LogP contribution in [-0.4, -0.2) is 6.54 Å². The summed E-state index contributed by atoms with van der Waals surface area (Å²) in [6.45, 7) is 9.45. The fraction of sp³-hybridized carbons (Fsp3) is 0.500. The summed E-state index contributed by atoms with van der Waals surface area (Å²) in [5.74, 6) is 0. The smallest absolute Gasteiger partial charge is 0.0640 e. The summed E-state index contributed by atoms with van der Waals surface area (Å²) < 4.78 is 0. The lowest BCUT2D eigenvalue weighted by Gasteiger charge is -2.20. The summed E-state index contributed by atoms with van der Waals surface area (Å²) in [5.41, 5.74) is 3.90. The number of nitriles is 1. The largest absolute Gasteiger partial charge is 0.384 e. The third-order valence-corrected chi connectivity index (χ3v) is 2.64. The second-order valence-corrected chi connectivity index (χ2v) is 5.11. The molecule has 1 aromatic rings. The van der Waals surface area contributed by atoms with Crippen LogP contribution in [0.25, 0.3) is 0 Å². The van der Waals surface area contributed by atoms with Crippen LogP contribution in [-0.2, 0) is 5.41 Å². The molecule has 0 radical (unpaired) electrons. The average Bonchev–Trinajstić information content (AvgIpc) is 2.19. The molecule has 1 rings (SSSR count). The quantitative estimate of drug-likeness (QED) is 0.783. The maximum absolute atomic E-state index is 8.47. The van der Waals surface area contributed by atoms with Crippen molar-refractivity contribution in [2.45, 2.75) is 39.5 Å². The number of benzene rings is 1. The molecular weight excluding hydrogens is 196 g/mol. The van der Waals surface area contributed by atoms with Crippen LogP contribution < -0.4 is 5.32 Å². The standard InChI is InChI=1S/C14H20N2/c1-11-10-12(14(2,3)4)6-7-13(11)16-9-5-8-15/h6-7,10,16H,5,9H2,1-4H3. The molecule has 2 heteroatoms. The molecule has 0 amide bonds. The Morgan fingerprint density at radius 1 is 1.31 bits per heavy atom.